The van der Waals surface area contributed by atoms with Crippen LogP contribution in [0.15, 0.2) is 18.2 Å². The molecule has 0 bridgehead atoms. The van der Waals surface area contributed by atoms with Gasteiger partial charge in [-0.15, -0.1) is 0 Å². The average molecular weight is 320 g/mol. The Morgan fingerprint density at radius 1 is 1.48 bits per heavy atom. The van der Waals surface area contributed by atoms with E-state index >= 15 is 0 Å². The standard InChI is InChI=1S/C18H28N2O3/c1-4-13(11-18(21)22-3)14-6-7-17(16(19)10-14)20(5-2)15-8-9-23-12-15/h6-7,10,13,15H,4-5,8-9,11-12,19H2,1-3H3. The van der Waals surface area contributed by atoms with E-state index in [1.165, 1.54) is 7.11 Å². The van der Waals surface area contributed by atoms with Gasteiger partial charge in [-0.3, -0.25) is 4.79 Å². The molecular formula is C18H28N2O3. The maximum absolute atomic E-state index is 11.6. The Kier molecular flexibility index (Phi) is 6.28. The molecular weight excluding hydrogens is 292 g/mol. The van der Waals surface area contributed by atoms with Crippen LogP contribution in [-0.2, 0) is 14.3 Å². The van der Waals surface area contributed by atoms with E-state index in [1.807, 2.05) is 6.07 Å². The summed E-state index contributed by atoms with van der Waals surface area (Å²) < 4.78 is 10.3. The quantitative estimate of drug-likeness (QED) is 0.618. The predicted molar refractivity (Wildman–Crippen MR) is 92.8 cm³/mol. The highest BCUT2D eigenvalue weighted by Gasteiger charge is 2.24. The molecule has 23 heavy (non-hydrogen) atoms. The van der Waals surface area contributed by atoms with Crippen LogP contribution >= 0.6 is 0 Å². The largest absolute Gasteiger partial charge is 0.469 e. The highest BCUT2D eigenvalue weighted by atomic mass is 16.5. The number of nitrogens with two attached hydrogens (primary N) is 1. The average Bonchev–Trinajstić information content (AvgIpc) is 3.08. The first kappa shape index (κ1) is 17.6. The summed E-state index contributed by atoms with van der Waals surface area (Å²) >= 11 is 0. The van der Waals surface area contributed by atoms with E-state index in [2.05, 4.69) is 30.9 Å². The maximum Gasteiger partial charge on any atom is 0.306 e. The molecule has 2 N–H and O–H groups in total. The Hall–Kier alpha value is -1.75. The van der Waals surface area contributed by atoms with Crippen molar-refractivity contribution in [3.8, 4) is 0 Å². The van der Waals surface area contributed by atoms with Gasteiger partial charge in [0.1, 0.15) is 0 Å². The van der Waals surface area contributed by atoms with E-state index < -0.39 is 0 Å². The van der Waals surface area contributed by atoms with Crippen molar-refractivity contribution < 1.29 is 14.3 Å². The Morgan fingerprint density at radius 3 is 2.78 bits per heavy atom. The minimum atomic E-state index is -0.183. The molecule has 5 nitrogen and oxygen atoms in total. The van der Waals surface area contributed by atoms with Crippen molar-refractivity contribution >= 4 is 17.3 Å². The van der Waals surface area contributed by atoms with E-state index in [0.717, 1.165) is 49.5 Å². The maximum atomic E-state index is 11.6. The van der Waals surface area contributed by atoms with E-state index in [1.54, 1.807) is 0 Å². The fourth-order valence-electron chi connectivity index (χ4n) is 3.26. The number of hydrogen-bond acceptors (Lipinski definition) is 5. The summed E-state index contributed by atoms with van der Waals surface area (Å²) in [6.45, 7) is 6.69. The number of hydrogen-bond donors (Lipinski definition) is 1. The van der Waals surface area contributed by atoms with Crippen LogP contribution in [0.4, 0.5) is 11.4 Å². The number of ether oxygens (including phenoxy) is 2. The second-order valence-corrected chi connectivity index (χ2v) is 6.01. The first-order chi connectivity index (χ1) is 11.1. The summed E-state index contributed by atoms with van der Waals surface area (Å²) in [4.78, 5) is 13.9. The van der Waals surface area contributed by atoms with Gasteiger partial charge in [0.25, 0.3) is 0 Å². The first-order valence-corrected chi connectivity index (χ1v) is 8.41. The molecule has 1 aromatic carbocycles. The zero-order chi connectivity index (χ0) is 16.8. The molecule has 1 heterocycles. The van der Waals surface area contributed by atoms with Gasteiger partial charge in [-0.25, -0.2) is 0 Å². The molecule has 0 aliphatic carbocycles. The normalized spacial score (nSPS) is 18.7. The molecule has 1 saturated heterocycles. The molecule has 1 aliphatic heterocycles. The van der Waals surface area contributed by atoms with Gasteiger partial charge in [-0.1, -0.05) is 13.0 Å². The molecule has 0 radical (unpaired) electrons. The minimum Gasteiger partial charge on any atom is -0.469 e. The van der Waals surface area contributed by atoms with Crippen LogP contribution in [0.3, 0.4) is 0 Å². The minimum absolute atomic E-state index is 0.142. The molecule has 0 aromatic heterocycles. The Morgan fingerprint density at radius 2 is 2.26 bits per heavy atom. The second kappa shape index (κ2) is 8.20. The van der Waals surface area contributed by atoms with Gasteiger partial charge in [0.2, 0.25) is 0 Å². The Bertz CT molecular complexity index is 527. The highest BCUT2D eigenvalue weighted by molar-refractivity contribution is 5.72. The lowest BCUT2D eigenvalue weighted by molar-refractivity contribution is -0.141. The van der Waals surface area contributed by atoms with Crippen LogP contribution < -0.4 is 10.6 Å². The lowest BCUT2D eigenvalue weighted by Crippen LogP contribution is -2.36. The molecule has 5 heteroatoms. The number of methoxy groups -OCH3 is 1. The fraction of sp³-hybridized carbons (Fsp3) is 0.611. The number of carbonyl (C=O) groups excluding carboxylic acids is 1. The number of esters is 1. The van der Waals surface area contributed by atoms with Crippen LogP contribution in [0, 0.1) is 0 Å². The Labute approximate surface area is 138 Å². The SMILES string of the molecule is CCC(CC(=O)OC)c1ccc(N(CC)C2CCOC2)c(N)c1. The molecule has 0 spiro atoms. The summed E-state index contributed by atoms with van der Waals surface area (Å²) in [6.07, 6.45) is 2.30. The van der Waals surface area contributed by atoms with Crippen molar-refractivity contribution in [1.82, 2.24) is 0 Å². The topological polar surface area (TPSA) is 64.8 Å². The predicted octanol–water partition coefficient (Wildman–Crippen LogP) is 2.94. The molecule has 1 aromatic rings. The second-order valence-electron chi connectivity index (χ2n) is 6.01. The van der Waals surface area contributed by atoms with Crippen LogP contribution in [0.1, 0.15) is 44.6 Å². The molecule has 2 atom stereocenters. The number of benzene rings is 1. The molecule has 128 valence electrons. The van der Waals surface area contributed by atoms with Crippen molar-refractivity contribution in [3.05, 3.63) is 23.8 Å². The fourth-order valence-corrected chi connectivity index (χ4v) is 3.26. The zero-order valence-electron chi connectivity index (χ0n) is 14.4. The Balaban J connectivity index is 2.20. The smallest absolute Gasteiger partial charge is 0.306 e. The number of carbonyl (C=O) groups is 1. The number of likely N-dealkylation sites (N-methyl/N-ethyl adjacent to an activating group) is 1. The number of nitrogens with zero attached hydrogens (tertiary/aromatic N) is 1. The molecule has 0 saturated carbocycles. The van der Waals surface area contributed by atoms with Crippen molar-refractivity contribution in [1.29, 1.82) is 0 Å². The van der Waals surface area contributed by atoms with Gasteiger partial charge in [0.15, 0.2) is 0 Å². The molecule has 2 unspecified atom stereocenters. The van der Waals surface area contributed by atoms with Gasteiger partial charge < -0.3 is 20.1 Å². The van der Waals surface area contributed by atoms with E-state index in [9.17, 15) is 4.79 Å². The van der Waals surface area contributed by atoms with Crippen molar-refractivity contribution in [2.75, 3.05) is 37.5 Å². The summed E-state index contributed by atoms with van der Waals surface area (Å²) in [7, 11) is 1.43. The van der Waals surface area contributed by atoms with Crippen LogP contribution in [0.2, 0.25) is 0 Å². The summed E-state index contributed by atoms with van der Waals surface area (Å²) in [5.74, 6) is -0.0403. The van der Waals surface area contributed by atoms with Crippen molar-refractivity contribution in [2.45, 2.75) is 45.1 Å². The van der Waals surface area contributed by atoms with Crippen molar-refractivity contribution in [3.63, 3.8) is 0 Å². The van der Waals surface area contributed by atoms with Crippen LogP contribution in [0.5, 0.6) is 0 Å². The van der Waals surface area contributed by atoms with Gasteiger partial charge >= 0.3 is 5.97 Å². The van der Waals surface area contributed by atoms with Gasteiger partial charge in [0, 0.05) is 13.2 Å². The lowest BCUT2D eigenvalue weighted by Gasteiger charge is -2.30. The molecule has 1 aliphatic rings. The summed E-state index contributed by atoms with van der Waals surface area (Å²) in [6, 6.07) is 6.56. The number of rotatable bonds is 7. The van der Waals surface area contributed by atoms with E-state index in [0.29, 0.717) is 12.5 Å². The zero-order valence-corrected chi connectivity index (χ0v) is 14.4. The van der Waals surface area contributed by atoms with Crippen LogP contribution in [-0.4, -0.2) is 38.9 Å². The van der Waals surface area contributed by atoms with E-state index in [-0.39, 0.29) is 11.9 Å². The van der Waals surface area contributed by atoms with Gasteiger partial charge in [-0.05, 0) is 43.4 Å². The molecule has 0 amide bonds. The third-order valence-electron chi connectivity index (χ3n) is 4.65. The number of anilines is 2. The number of nitrogen functional groups attached to an aromatic ring is 1. The summed E-state index contributed by atoms with van der Waals surface area (Å²) in [5.41, 5.74) is 9.24. The first-order valence-electron chi connectivity index (χ1n) is 8.41. The van der Waals surface area contributed by atoms with Crippen LogP contribution in [0.25, 0.3) is 0 Å². The van der Waals surface area contributed by atoms with Crippen molar-refractivity contribution in [2.24, 2.45) is 0 Å². The van der Waals surface area contributed by atoms with Gasteiger partial charge in [-0.2, -0.15) is 0 Å². The third kappa shape index (κ3) is 4.16. The third-order valence-corrected chi connectivity index (χ3v) is 4.65. The molecule has 2 rings (SSSR count). The lowest BCUT2D eigenvalue weighted by atomic mass is 9.92. The van der Waals surface area contributed by atoms with Gasteiger partial charge in [0.05, 0.1) is 37.6 Å². The summed E-state index contributed by atoms with van der Waals surface area (Å²) in [5, 5.41) is 0. The van der Waals surface area contributed by atoms with E-state index in [4.69, 9.17) is 15.2 Å². The highest BCUT2D eigenvalue weighted by Crippen LogP contribution is 2.32. The monoisotopic (exact) mass is 320 g/mol. The molecule has 1 fully saturated rings.